The van der Waals surface area contributed by atoms with Gasteiger partial charge in [0.2, 0.25) is 0 Å². The molecule has 0 aliphatic heterocycles. The third-order valence-corrected chi connectivity index (χ3v) is 8.67. The fraction of sp³-hybridized carbons (Fsp3) is 0.560. The van der Waals surface area contributed by atoms with Crippen molar-refractivity contribution in [3.63, 3.8) is 0 Å². The molecule has 28 heavy (non-hydrogen) atoms. The van der Waals surface area contributed by atoms with Crippen LogP contribution in [0.5, 0.6) is 0 Å². The second-order valence-electron chi connectivity index (χ2n) is 9.91. The smallest absolute Gasteiger partial charge is 0.181 e. The first kappa shape index (κ1) is 18.0. The van der Waals surface area contributed by atoms with Crippen molar-refractivity contribution in [3.8, 4) is 0 Å². The van der Waals surface area contributed by atoms with Crippen LogP contribution in [0.1, 0.15) is 64.4 Å². The Morgan fingerprint density at radius 3 is 2.54 bits per heavy atom. The van der Waals surface area contributed by atoms with Gasteiger partial charge in [0, 0.05) is 29.8 Å². The first-order chi connectivity index (χ1) is 13.4. The van der Waals surface area contributed by atoms with E-state index < -0.39 is 0 Å². The van der Waals surface area contributed by atoms with Gasteiger partial charge in [0.15, 0.2) is 5.78 Å². The van der Waals surface area contributed by atoms with E-state index in [-0.39, 0.29) is 16.6 Å². The van der Waals surface area contributed by atoms with Crippen molar-refractivity contribution >= 4 is 17.6 Å². The predicted octanol–water partition coefficient (Wildman–Crippen LogP) is 5.18. The number of carbonyl (C=O) groups excluding carboxylic acids is 2. The summed E-state index contributed by atoms with van der Waals surface area (Å²) in [7, 11) is 0. The van der Waals surface area contributed by atoms with Crippen molar-refractivity contribution in [1.29, 1.82) is 0 Å². The highest BCUT2D eigenvalue weighted by Gasteiger charge is 2.59. The van der Waals surface area contributed by atoms with Crippen molar-refractivity contribution in [2.75, 3.05) is 0 Å². The van der Waals surface area contributed by atoms with E-state index in [2.05, 4.69) is 24.9 Å². The summed E-state index contributed by atoms with van der Waals surface area (Å²) in [5.41, 5.74) is 3.30. The molecule has 5 rings (SSSR count). The second kappa shape index (κ2) is 6.23. The Morgan fingerprint density at radius 1 is 1.00 bits per heavy atom. The third kappa shape index (κ3) is 2.51. The average molecular weight is 376 g/mol. The van der Waals surface area contributed by atoms with Crippen LogP contribution in [0, 0.1) is 28.6 Å². The molecule has 3 fully saturated rings. The van der Waals surface area contributed by atoms with Crippen LogP contribution >= 0.6 is 0 Å². The summed E-state index contributed by atoms with van der Waals surface area (Å²) in [4.78, 5) is 29.5. The molecule has 3 heteroatoms. The highest BCUT2D eigenvalue weighted by Crippen LogP contribution is 2.64. The molecule has 5 unspecified atom stereocenters. The van der Waals surface area contributed by atoms with Crippen LogP contribution in [-0.2, 0) is 9.59 Å². The van der Waals surface area contributed by atoms with Gasteiger partial charge in [0.1, 0.15) is 5.78 Å². The minimum Gasteiger partial charge on any atom is -0.299 e. The summed E-state index contributed by atoms with van der Waals surface area (Å²) in [5, 5.41) is 0. The molecule has 0 aromatic carbocycles. The third-order valence-electron chi connectivity index (χ3n) is 8.67. The van der Waals surface area contributed by atoms with Gasteiger partial charge in [-0.05, 0) is 91.5 Å². The number of hydrogen-bond acceptors (Lipinski definition) is 3. The Hall–Kier alpha value is -2.03. The zero-order valence-electron chi connectivity index (χ0n) is 16.9. The highest BCUT2D eigenvalue weighted by atomic mass is 16.1. The molecular weight excluding hydrogens is 346 g/mol. The number of rotatable bonds is 1. The summed E-state index contributed by atoms with van der Waals surface area (Å²) in [6.07, 6.45) is 14.5. The zero-order valence-corrected chi connectivity index (χ0v) is 16.9. The number of pyridine rings is 1. The van der Waals surface area contributed by atoms with Gasteiger partial charge in [-0.25, -0.2) is 0 Å². The van der Waals surface area contributed by atoms with Gasteiger partial charge in [-0.2, -0.15) is 0 Å². The minimum absolute atomic E-state index is 0.0582. The van der Waals surface area contributed by atoms with Crippen LogP contribution < -0.4 is 0 Å². The Morgan fingerprint density at radius 2 is 1.75 bits per heavy atom. The van der Waals surface area contributed by atoms with E-state index in [1.165, 1.54) is 5.57 Å². The fourth-order valence-corrected chi connectivity index (χ4v) is 7.10. The van der Waals surface area contributed by atoms with Crippen LogP contribution in [0.15, 0.2) is 41.7 Å². The van der Waals surface area contributed by atoms with Crippen molar-refractivity contribution in [2.45, 2.75) is 58.8 Å². The Balaban J connectivity index is 1.50. The van der Waals surface area contributed by atoms with E-state index in [4.69, 9.17) is 0 Å². The maximum Gasteiger partial charge on any atom is 0.181 e. The summed E-state index contributed by atoms with van der Waals surface area (Å²) in [5.74, 6) is 2.44. The minimum atomic E-state index is -0.0844. The van der Waals surface area contributed by atoms with Gasteiger partial charge in [-0.1, -0.05) is 19.4 Å². The lowest BCUT2D eigenvalue weighted by Crippen LogP contribution is -2.50. The van der Waals surface area contributed by atoms with Crippen LogP contribution in [0.2, 0.25) is 0 Å². The van der Waals surface area contributed by atoms with E-state index in [1.807, 2.05) is 18.2 Å². The van der Waals surface area contributed by atoms with Gasteiger partial charge < -0.3 is 0 Å². The molecule has 0 spiro atoms. The fourth-order valence-electron chi connectivity index (χ4n) is 7.10. The van der Waals surface area contributed by atoms with Crippen LogP contribution in [-0.4, -0.2) is 16.6 Å². The van der Waals surface area contributed by atoms with Crippen LogP contribution in [0.4, 0.5) is 0 Å². The van der Waals surface area contributed by atoms with Gasteiger partial charge in [0.05, 0.1) is 0 Å². The molecule has 0 saturated heterocycles. The van der Waals surface area contributed by atoms with Crippen LogP contribution in [0.3, 0.4) is 0 Å². The number of nitrogens with zero attached hydrogens (tertiary/aromatic N) is 1. The molecule has 5 atom stereocenters. The number of allylic oxidation sites excluding steroid dienone is 2. The first-order valence-electron chi connectivity index (χ1n) is 10.8. The van der Waals surface area contributed by atoms with Gasteiger partial charge in [-0.15, -0.1) is 0 Å². The zero-order chi connectivity index (χ0) is 19.5. The molecule has 1 aromatic heterocycles. The molecule has 0 radical (unpaired) electrons. The molecular formula is C25H29NO2. The standard InChI is InChI=1S/C25H29NO2/c1-24-10-7-21-19(20(24)5-6-23(24)28)4-3-18-14-22(27)17(15-25(18,21)2)13-16-8-11-26-12-9-16/h8-9,11-14,19-21H,3-7,10,15H2,1-2H3. The maximum absolute atomic E-state index is 12.8. The monoisotopic (exact) mass is 375 g/mol. The highest BCUT2D eigenvalue weighted by molar-refractivity contribution is 6.08. The average Bonchev–Trinajstić information content (AvgIpc) is 2.99. The molecule has 1 aromatic rings. The summed E-state index contributed by atoms with van der Waals surface area (Å²) >= 11 is 0. The maximum atomic E-state index is 12.8. The normalized spacial score (nSPS) is 41.3. The summed E-state index contributed by atoms with van der Waals surface area (Å²) in [6.45, 7) is 4.62. The van der Waals surface area contributed by atoms with E-state index in [1.54, 1.807) is 12.4 Å². The van der Waals surface area contributed by atoms with Crippen molar-refractivity contribution in [2.24, 2.45) is 28.6 Å². The van der Waals surface area contributed by atoms with Gasteiger partial charge in [-0.3, -0.25) is 14.6 Å². The lowest BCUT2D eigenvalue weighted by atomic mass is 9.47. The topological polar surface area (TPSA) is 47.0 Å². The van der Waals surface area contributed by atoms with E-state index in [0.29, 0.717) is 23.5 Å². The summed E-state index contributed by atoms with van der Waals surface area (Å²) in [6, 6.07) is 3.92. The number of aromatic nitrogens is 1. The Kier molecular flexibility index (Phi) is 4.01. The lowest BCUT2D eigenvalue weighted by molar-refractivity contribution is -0.132. The molecule has 1 heterocycles. The van der Waals surface area contributed by atoms with Gasteiger partial charge >= 0.3 is 0 Å². The Bertz CT molecular complexity index is 898. The summed E-state index contributed by atoms with van der Waals surface area (Å²) < 4.78 is 0. The number of carbonyl (C=O) groups is 2. The largest absolute Gasteiger partial charge is 0.299 e. The number of Topliss-reactive ketones (excluding diaryl/α,β-unsaturated/α-hetero) is 1. The van der Waals surface area contributed by atoms with Gasteiger partial charge in [0.25, 0.3) is 0 Å². The van der Waals surface area contributed by atoms with E-state index >= 15 is 0 Å². The second-order valence-corrected chi connectivity index (χ2v) is 9.91. The quantitative estimate of drug-likeness (QED) is 0.636. The molecule has 3 saturated carbocycles. The van der Waals surface area contributed by atoms with Crippen LogP contribution in [0.25, 0.3) is 6.08 Å². The van der Waals surface area contributed by atoms with E-state index in [9.17, 15) is 9.59 Å². The number of hydrogen-bond donors (Lipinski definition) is 0. The number of fused-ring (bicyclic) bond motifs is 5. The van der Waals surface area contributed by atoms with Crippen molar-refractivity contribution < 1.29 is 9.59 Å². The molecule has 0 bridgehead atoms. The lowest BCUT2D eigenvalue weighted by Gasteiger charge is -2.57. The van der Waals surface area contributed by atoms with E-state index in [0.717, 1.165) is 56.1 Å². The molecule has 4 aliphatic rings. The SMILES string of the molecule is CC12CCC3C(CCC4=CC(=O)C(=Cc5ccncc5)CC43C)C1CCC2=O. The molecule has 0 amide bonds. The van der Waals surface area contributed by atoms with Crippen molar-refractivity contribution in [3.05, 3.63) is 47.3 Å². The first-order valence-corrected chi connectivity index (χ1v) is 10.8. The van der Waals surface area contributed by atoms with Crippen molar-refractivity contribution in [1.82, 2.24) is 4.98 Å². The number of ketones is 2. The molecule has 0 N–H and O–H groups in total. The molecule has 146 valence electrons. The predicted molar refractivity (Wildman–Crippen MR) is 109 cm³/mol. The molecule has 4 aliphatic carbocycles. The molecule has 3 nitrogen and oxygen atoms in total. The Labute approximate surface area is 167 Å².